The molecule has 0 aromatic heterocycles. The molecule has 1 saturated carbocycles. The minimum Gasteiger partial charge on any atom is -0.468 e. The largest absolute Gasteiger partial charge is 0.468 e. The lowest BCUT2D eigenvalue weighted by molar-refractivity contribution is -0.148. The monoisotopic (exact) mass is 256 g/mol. The summed E-state index contributed by atoms with van der Waals surface area (Å²) in [6.07, 6.45) is 3.51. The maximum atomic E-state index is 11.8. The summed E-state index contributed by atoms with van der Waals surface area (Å²) in [5, 5.41) is 3.09. The molecular weight excluding hydrogens is 228 g/mol. The first-order valence-corrected chi connectivity index (χ1v) is 6.94. The number of nitrogens with zero attached hydrogens (tertiary/aromatic N) is 1. The molecule has 18 heavy (non-hydrogen) atoms. The SMILES string of the molecule is CNC(C)(CCN(CC1CC1)C(C)C)C(=O)OC. The van der Waals surface area contributed by atoms with Crippen molar-refractivity contribution in [2.24, 2.45) is 5.92 Å². The van der Waals surface area contributed by atoms with Crippen molar-refractivity contribution in [2.75, 3.05) is 27.2 Å². The molecule has 0 spiro atoms. The van der Waals surface area contributed by atoms with Crippen molar-refractivity contribution < 1.29 is 9.53 Å². The predicted octanol–water partition coefficient (Wildman–Crippen LogP) is 1.65. The highest BCUT2D eigenvalue weighted by Crippen LogP contribution is 2.30. The molecule has 1 aliphatic carbocycles. The summed E-state index contributed by atoms with van der Waals surface area (Å²) in [6, 6.07) is 0.532. The number of carbonyl (C=O) groups is 1. The molecule has 1 N–H and O–H groups in total. The molecule has 1 atom stereocenters. The van der Waals surface area contributed by atoms with Gasteiger partial charge < -0.3 is 15.0 Å². The Morgan fingerprint density at radius 3 is 2.50 bits per heavy atom. The maximum Gasteiger partial charge on any atom is 0.325 e. The molecule has 0 amide bonds. The summed E-state index contributed by atoms with van der Waals surface area (Å²) in [4.78, 5) is 14.2. The van der Waals surface area contributed by atoms with Crippen molar-refractivity contribution in [3.8, 4) is 0 Å². The van der Waals surface area contributed by atoms with Crippen LogP contribution in [-0.2, 0) is 9.53 Å². The van der Waals surface area contributed by atoms with Crippen molar-refractivity contribution in [1.82, 2.24) is 10.2 Å². The Balaban J connectivity index is 2.50. The molecule has 0 aromatic rings. The molecule has 106 valence electrons. The van der Waals surface area contributed by atoms with Crippen molar-refractivity contribution in [2.45, 2.75) is 51.6 Å². The Morgan fingerprint density at radius 2 is 2.11 bits per heavy atom. The fourth-order valence-electron chi connectivity index (χ4n) is 2.11. The third-order valence-electron chi connectivity index (χ3n) is 4.01. The van der Waals surface area contributed by atoms with E-state index >= 15 is 0 Å². The van der Waals surface area contributed by atoms with Crippen LogP contribution < -0.4 is 5.32 Å². The standard InChI is InChI=1S/C14H28N2O2/c1-11(2)16(10-12-6-7-12)9-8-14(3,15-4)13(17)18-5/h11-12,15H,6-10H2,1-5H3. The molecule has 0 aliphatic heterocycles. The number of methoxy groups -OCH3 is 1. The third kappa shape index (κ3) is 4.25. The molecule has 1 rings (SSSR count). The van der Waals surface area contributed by atoms with Gasteiger partial charge in [0, 0.05) is 19.1 Å². The van der Waals surface area contributed by atoms with Gasteiger partial charge in [-0.25, -0.2) is 0 Å². The van der Waals surface area contributed by atoms with Crippen molar-refractivity contribution in [3.05, 3.63) is 0 Å². The minimum atomic E-state index is -0.578. The van der Waals surface area contributed by atoms with Crippen LogP contribution >= 0.6 is 0 Å². The summed E-state index contributed by atoms with van der Waals surface area (Å²) in [5.74, 6) is 0.700. The quantitative estimate of drug-likeness (QED) is 0.671. The minimum absolute atomic E-state index is 0.180. The summed E-state index contributed by atoms with van der Waals surface area (Å²) < 4.78 is 4.87. The van der Waals surface area contributed by atoms with Gasteiger partial charge in [0.15, 0.2) is 0 Å². The number of rotatable bonds is 8. The molecule has 4 nitrogen and oxygen atoms in total. The average molecular weight is 256 g/mol. The van der Waals surface area contributed by atoms with Crippen LogP contribution in [-0.4, -0.2) is 49.7 Å². The van der Waals surface area contributed by atoms with E-state index in [2.05, 4.69) is 24.1 Å². The van der Waals surface area contributed by atoms with Gasteiger partial charge in [-0.2, -0.15) is 0 Å². The highest BCUT2D eigenvalue weighted by molar-refractivity contribution is 5.80. The molecule has 4 heteroatoms. The molecule has 0 radical (unpaired) electrons. The van der Waals surface area contributed by atoms with Crippen LogP contribution in [0, 0.1) is 5.92 Å². The van der Waals surface area contributed by atoms with Gasteiger partial charge in [0.25, 0.3) is 0 Å². The molecule has 1 fully saturated rings. The first-order valence-electron chi connectivity index (χ1n) is 6.94. The highest BCUT2D eigenvalue weighted by Gasteiger charge is 2.34. The predicted molar refractivity (Wildman–Crippen MR) is 73.5 cm³/mol. The van der Waals surface area contributed by atoms with E-state index in [1.165, 1.54) is 26.5 Å². The summed E-state index contributed by atoms with van der Waals surface area (Å²) in [5.41, 5.74) is -0.578. The van der Waals surface area contributed by atoms with Crippen LogP contribution in [0.4, 0.5) is 0 Å². The fourth-order valence-corrected chi connectivity index (χ4v) is 2.11. The number of likely N-dealkylation sites (N-methyl/N-ethyl adjacent to an activating group) is 1. The van der Waals surface area contributed by atoms with Gasteiger partial charge in [0.2, 0.25) is 0 Å². The van der Waals surface area contributed by atoms with Crippen molar-refractivity contribution >= 4 is 5.97 Å². The number of esters is 1. The van der Waals surface area contributed by atoms with Crippen LogP contribution in [0.15, 0.2) is 0 Å². The summed E-state index contributed by atoms with van der Waals surface area (Å²) >= 11 is 0. The molecule has 1 unspecified atom stereocenters. The number of nitrogens with one attached hydrogen (secondary N) is 1. The number of ether oxygens (including phenoxy) is 1. The topological polar surface area (TPSA) is 41.6 Å². The van der Waals surface area contributed by atoms with Gasteiger partial charge in [0.1, 0.15) is 5.54 Å². The zero-order chi connectivity index (χ0) is 13.8. The summed E-state index contributed by atoms with van der Waals surface area (Å²) in [7, 11) is 3.26. The van der Waals surface area contributed by atoms with Gasteiger partial charge in [-0.05, 0) is 53.0 Å². The normalized spacial score (nSPS) is 19.1. The second kappa shape index (κ2) is 6.53. The zero-order valence-electron chi connectivity index (χ0n) is 12.5. The number of carbonyl (C=O) groups excluding carboxylic acids is 1. The first kappa shape index (κ1) is 15.4. The lowest BCUT2D eigenvalue weighted by Gasteiger charge is -2.32. The second-order valence-electron chi connectivity index (χ2n) is 5.86. The number of hydrogen-bond acceptors (Lipinski definition) is 4. The van der Waals surface area contributed by atoms with E-state index in [9.17, 15) is 4.79 Å². The fraction of sp³-hybridized carbons (Fsp3) is 0.929. The van der Waals surface area contributed by atoms with E-state index in [-0.39, 0.29) is 5.97 Å². The Labute approximate surface area is 111 Å². The number of hydrogen-bond donors (Lipinski definition) is 1. The first-order chi connectivity index (χ1) is 8.42. The Bertz CT molecular complexity index is 277. The smallest absolute Gasteiger partial charge is 0.325 e. The molecule has 0 bridgehead atoms. The van der Waals surface area contributed by atoms with Crippen LogP contribution in [0.1, 0.15) is 40.0 Å². The molecule has 0 aromatic carbocycles. The van der Waals surface area contributed by atoms with E-state index in [1.54, 1.807) is 0 Å². The van der Waals surface area contributed by atoms with E-state index in [0.717, 1.165) is 18.9 Å². The Hall–Kier alpha value is -0.610. The molecule has 1 aliphatic rings. The van der Waals surface area contributed by atoms with Gasteiger partial charge in [-0.1, -0.05) is 0 Å². The van der Waals surface area contributed by atoms with Gasteiger partial charge in [-0.3, -0.25) is 4.79 Å². The van der Waals surface area contributed by atoms with E-state index < -0.39 is 5.54 Å². The Morgan fingerprint density at radius 1 is 1.50 bits per heavy atom. The molecule has 0 heterocycles. The second-order valence-corrected chi connectivity index (χ2v) is 5.86. The van der Waals surface area contributed by atoms with Gasteiger partial charge in [-0.15, -0.1) is 0 Å². The zero-order valence-corrected chi connectivity index (χ0v) is 12.5. The van der Waals surface area contributed by atoms with Crippen molar-refractivity contribution in [3.63, 3.8) is 0 Å². The van der Waals surface area contributed by atoms with Crippen LogP contribution in [0.2, 0.25) is 0 Å². The Kier molecular flexibility index (Phi) is 5.60. The molecular formula is C14H28N2O2. The molecule has 0 saturated heterocycles. The van der Waals surface area contributed by atoms with Crippen LogP contribution in [0.25, 0.3) is 0 Å². The lowest BCUT2D eigenvalue weighted by Crippen LogP contribution is -2.51. The van der Waals surface area contributed by atoms with E-state index in [4.69, 9.17) is 4.74 Å². The van der Waals surface area contributed by atoms with Crippen LogP contribution in [0.5, 0.6) is 0 Å². The third-order valence-corrected chi connectivity index (χ3v) is 4.01. The van der Waals surface area contributed by atoms with Gasteiger partial charge in [0.05, 0.1) is 7.11 Å². The van der Waals surface area contributed by atoms with Crippen LogP contribution in [0.3, 0.4) is 0 Å². The van der Waals surface area contributed by atoms with E-state index in [0.29, 0.717) is 6.04 Å². The maximum absolute atomic E-state index is 11.8. The van der Waals surface area contributed by atoms with Gasteiger partial charge >= 0.3 is 5.97 Å². The van der Waals surface area contributed by atoms with Crippen molar-refractivity contribution in [1.29, 1.82) is 0 Å². The van der Waals surface area contributed by atoms with E-state index in [1.807, 2.05) is 14.0 Å². The highest BCUT2D eigenvalue weighted by atomic mass is 16.5. The average Bonchev–Trinajstić information content (AvgIpc) is 3.16. The summed E-state index contributed by atoms with van der Waals surface area (Å²) in [6.45, 7) is 8.45. The lowest BCUT2D eigenvalue weighted by atomic mass is 9.97.